The van der Waals surface area contributed by atoms with Crippen LogP contribution in [-0.4, -0.2) is 49.2 Å². The summed E-state index contributed by atoms with van der Waals surface area (Å²) in [6, 6.07) is 0.584. The second-order valence-electron chi connectivity index (χ2n) is 6.22. The maximum atomic E-state index is 11.2. The molecule has 2 rings (SSSR count). The second-order valence-corrected chi connectivity index (χ2v) is 6.22. The van der Waals surface area contributed by atoms with Crippen LogP contribution in [0.25, 0.3) is 0 Å². The number of hydrogen-bond donors (Lipinski definition) is 1. The van der Waals surface area contributed by atoms with Crippen LogP contribution in [0, 0.1) is 0 Å². The number of ether oxygens (including phenoxy) is 1. The Hall–Kier alpha value is -0.610. The van der Waals surface area contributed by atoms with E-state index in [9.17, 15) is 4.79 Å². The fourth-order valence-electron chi connectivity index (χ4n) is 3.26. The van der Waals surface area contributed by atoms with E-state index in [1.54, 1.807) is 6.92 Å². The van der Waals surface area contributed by atoms with Crippen molar-refractivity contribution < 1.29 is 9.53 Å². The summed E-state index contributed by atoms with van der Waals surface area (Å²) >= 11 is 0. The van der Waals surface area contributed by atoms with Gasteiger partial charge in [0.2, 0.25) is 5.91 Å². The molecular weight excluding hydrogens is 252 g/mol. The average Bonchev–Trinajstić information content (AvgIpc) is 2.48. The third kappa shape index (κ3) is 5.41. The van der Waals surface area contributed by atoms with E-state index in [2.05, 4.69) is 5.32 Å². The van der Waals surface area contributed by atoms with Gasteiger partial charge >= 0.3 is 0 Å². The molecule has 20 heavy (non-hydrogen) atoms. The summed E-state index contributed by atoms with van der Waals surface area (Å²) in [6.45, 7) is 5.41. The lowest BCUT2D eigenvalue weighted by Gasteiger charge is -2.31. The van der Waals surface area contributed by atoms with E-state index >= 15 is 0 Å². The van der Waals surface area contributed by atoms with Gasteiger partial charge in [0.15, 0.2) is 0 Å². The molecule has 1 heterocycles. The second kappa shape index (κ2) is 8.63. The third-order valence-electron chi connectivity index (χ3n) is 4.60. The van der Waals surface area contributed by atoms with Crippen molar-refractivity contribution in [3.8, 4) is 0 Å². The highest BCUT2D eigenvalue weighted by Gasteiger charge is 2.19. The van der Waals surface area contributed by atoms with Crippen LogP contribution in [0.3, 0.4) is 0 Å². The molecule has 2 aliphatic rings. The summed E-state index contributed by atoms with van der Waals surface area (Å²) in [4.78, 5) is 13.2. The number of nitrogens with zero attached hydrogens (tertiary/aromatic N) is 1. The van der Waals surface area contributed by atoms with Crippen LogP contribution in [0.5, 0.6) is 0 Å². The predicted octanol–water partition coefficient (Wildman–Crippen LogP) is 2.33. The number of hydrogen-bond acceptors (Lipinski definition) is 3. The molecule has 0 atom stereocenters. The number of rotatable bonds is 6. The number of amides is 1. The van der Waals surface area contributed by atoms with Gasteiger partial charge in [0, 0.05) is 32.7 Å². The summed E-state index contributed by atoms with van der Waals surface area (Å²) in [5, 5.41) is 3.60. The molecule has 1 N–H and O–H groups in total. The molecule has 0 aromatic heterocycles. The van der Waals surface area contributed by atoms with Crippen LogP contribution in [0.1, 0.15) is 58.3 Å². The number of nitrogens with one attached hydrogen (secondary N) is 1. The molecule has 0 radical (unpaired) electrons. The van der Waals surface area contributed by atoms with Crippen LogP contribution in [0.4, 0.5) is 0 Å². The first kappa shape index (κ1) is 15.8. The summed E-state index contributed by atoms with van der Waals surface area (Å²) in [5.41, 5.74) is 0. The van der Waals surface area contributed by atoms with Crippen molar-refractivity contribution >= 4 is 5.91 Å². The van der Waals surface area contributed by atoms with Gasteiger partial charge in [0.1, 0.15) is 0 Å². The summed E-state index contributed by atoms with van der Waals surface area (Å²) in [7, 11) is 0. The molecule has 116 valence electrons. The average molecular weight is 282 g/mol. The van der Waals surface area contributed by atoms with Crippen molar-refractivity contribution in [2.24, 2.45) is 0 Å². The largest absolute Gasteiger partial charge is 0.378 e. The highest BCUT2D eigenvalue weighted by molar-refractivity contribution is 5.73. The Bertz CT molecular complexity index is 282. The Morgan fingerprint density at radius 2 is 1.85 bits per heavy atom. The quantitative estimate of drug-likeness (QED) is 0.760. The van der Waals surface area contributed by atoms with Crippen molar-refractivity contribution in [1.82, 2.24) is 10.2 Å². The molecule has 4 heteroatoms. The number of carbonyl (C=O) groups is 1. The zero-order valence-corrected chi connectivity index (χ0v) is 12.9. The molecular formula is C16H30N2O2. The normalized spacial score (nSPS) is 22.1. The van der Waals surface area contributed by atoms with Gasteiger partial charge in [-0.25, -0.2) is 0 Å². The van der Waals surface area contributed by atoms with Gasteiger partial charge in [-0.05, 0) is 38.6 Å². The third-order valence-corrected chi connectivity index (χ3v) is 4.60. The summed E-state index contributed by atoms with van der Waals surface area (Å²) in [6.07, 6.45) is 10.4. The van der Waals surface area contributed by atoms with Crippen LogP contribution < -0.4 is 5.32 Å². The standard InChI is InChI=1S/C16H30N2O2/c1-14(19)18-11-8-15(9-12-18)17-10-5-13-20-16-6-3-2-4-7-16/h15-17H,2-13H2,1H3. The smallest absolute Gasteiger partial charge is 0.219 e. The van der Waals surface area contributed by atoms with Gasteiger partial charge in [0.25, 0.3) is 0 Å². The summed E-state index contributed by atoms with van der Waals surface area (Å²) < 4.78 is 5.93. The van der Waals surface area contributed by atoms with E-state index in [4.69, 9.17) is 4.74 Å². The van der Waals surface area contributed by atoms with E-state index < -0.39 is 0 Å². The molecule has 2 fully saturated rings. The van der Waals surface area contributed by atoms with E-state index in [0.29, 0.717) is 12.1 Å². The van der Waals surface area contributed by atoms with Gasteiger partial charge in [-0.15, -0.1) is 0 Å². The van der Waals surface area contributed by atoms with Crippen molar-refractivity contribution in [1.29, 1.82) is 0 Å². The van der Waals surface area contributed by atoms with E-state index in [-0.39, 0.29) is 5.91 Å². The molecule has 0 aromatic rings. The predicted molar refractivity (Wildman–Crippen MR) is 80.7 cm³/mol. The van der Waals surface area contributed by atoms with Crippen LogP contribution in [0.15, 0.2) is 0 Å². The fraction of sp³-hybridized carbons (Fsp3) is 0.938. The van der Waals surface area contributed by atoms with Gasteiger partial charge < -0.3 is 15.0 Å². The molecule has 0 spiro atoms. The molecule has 0 unspecified atom stereocenters. The molecule has 1 amide bonds. The Morgan fingerprint density at radius 3 is 2.50 bits per heavy atom. The molecule has 1 aliphatic heterocycles. The lowest BCUT2D eigenvalue weighted by atomic mass is 9.98. The zero-order chi connectivity index (χ0) is 14.2. The Balaban J connectivity index is 1.46. The van der Waals surface area contributed by atoms with Gasteiger partial charge in [-0.2, -0.15) is 0 Å². The first-order valence-corrected chi connectivity index (χ1v) is 8.36. The Labute approximate surface area is 123 Å². The first-order valence-electron chi connectivity index (χ1n) is 8.36. The number of carbonyl (C=O) groups excluding carboxylic acids is 1. The maximum Gasteiger partial charge on any atom is 0.219 e. The van der Waals surface area contributed by atoms with E-state index in [1.165, 1.54) is 32.1 Å². The Kier molecular flexibility index (Phi) is 6.80. The van der Waals surface area contributed by atoms with Crippen molar-refractivity contribution in [3.05, 3.63) is 0 Å². The van der Waals surface area contributed by atoms with Crippen molar-refractivity contribution in [3.63, 3.8) is 0 Å². The van der Waals surface area contributed by atoms with Crippen molar-refractivity contribution in [2.45, 2.75) is 70.4 Å². The molecule has 1 saturated heterocycles. The minimum Gasteiger partial charge on any atom is -0.378 e. The molecule has 0 bridgehead atoms. The van der Waals surface area contributed by atoms with Gasteiger partial charge in [-0.1, -0.05) is 19.3 Å². The van der Waals surface area contributed by atoms with Gasteiger partial charge in [-0.3, -0.25) is 4.79 Å². The Morgan fingerprint density at radius 1 is 1.15 bits per heavy atom. The zero-order valence-electron chi connectivity index (χ0n) is 12.9. The van der Waals surface area contributed by atoms with Gasteiger partial charge in [0.05, 0.1) is 6.10 Å². The monoisotopic (exact) mass is 282 g/mol. The van der Waals surface area contributed by atoms with Crippen LogP contribution in [-0.2, 0) is 9.53 Å². The highest BCUT2D eigenvalue weighted by atomic mass is 16.5. The van der Waals surface area contributed by atoms with E-state index in [1.807, 2.05) is 4.90 Å². The molecule has 0 aromatic carbocycles. The lowest BCUT2D eigenvalue weighted by molar-refractivity contribution is -0.129. The summed E-state index contributed by atoms with van der Waals surface area (Å²) in [5.74, 6) is 0.212. The molecule has 1 aliphatic carbocycles. The fourth-order valence-corrected chi connectivity index (χ4v) is 3.26. The minimum absolute atomic E-state index is 0.212. The molecule has 4 nitrogen and oxygen atoms in total. The molecule has 1 saturated carbocycles. The maximum absolute atomic E-state index is 11.2. The first-order chi connectivity index (χ1) is 9.75. The SMILES string of the molecule is CC(=O)N1CCC(NCCCOC2CCCCC2)CC1. The number of likely N-dealkylation sites (tertiary alicyclic amines) is 1. The van der Waals surface area contributed by atoms with Crippen LogP contribution >= 0.6 is 0 Å². The van der Waals surface area contributed by atoms with Crippen LogP contribution in [0.2, 0.25) is 0 Å². The van der Waals surface area contributed by atoms with E-state index in [0.717, 1.165) is 45.5 Å². The topological polar surface area (TPSA) is 41.6 Å². The number of piperidine rings is 1. The highest BCUT2D eigenvalue weighted by Crippen LogP contribution is 2.20. The minimum atomic E-state index is 0.212. The van der Waals surface area contributed by atoms with Crippen molar-refractivity contribution in [2.75, 3.05) is 26.2 Å². The lowest BCUT2D eigenvalue weighted by Crippen LogP contribution is -2.44.